The van der Waals surface area contributed by atoms with E-state index < -0.39 is 0 Å². The zero-order valence-electron chi connectivity index (χ0n) is 8.24. The molecule has 1 aromatic heterocycles. The molecule has 0 bridgehead atoms. The van der Waals surface area contributed by atoms with Crippen LogP contribution < -0.4 is 5.73 Å². The summed E-state index contributed by atoms with van der Waals surface area (Å²) in [5, 5.41) is 0.863. The lowest BCUT2D eigenvalue weighted by Gasteiger charge is -1.98. The zero-order valence-corrected chi connectivity index (χ0v) is 8.24. The maximum Gasteiger partial charge on any atom is 0.162 e. The highest BCUT2D eigenvalue weighted by Crippen LogP contribution is 2.26. The fraction of sp³-hybridized carbons (Fsp3) is 0.182. The molecule has 0 saturated carbocycles. The number of ketones is 1. The Balaban J connectivity index is 2.93. The number of carbonyl (C=O) groups is 1. The molecular weight excluding hydrogens is 176 g/mol. The van der Waals surface area contributed by atoms with Crippen LogP contribution in [0.15, 0.2) is 24.4 Å². The van der Waals surface area contributed by atoms with Crippen LogP contribution >= 0.6 is 0 Å². The van der Waals surface area contributed by atoms with Gasteiger partial charge in [-0.3, -0.25) is 4.79 Å². The fourth-order valence-electron chi connectivity index (χ4n) is 1.74. The molecule has 2 rings (SSSR count). The summed E-state index contributed by atoms with van der Waals surface area (Å²) in [4.78, 5) is 11.4. The lowest BCUT2D eigenvalue weighted by atomic mass is 10.1. The molecular formula is C11H12N2O. The van der Waals surface area contributed by atoms with Crippen molar-refractivity contribution in [2.75, 3.05) is 5.73 Å². The van der Waals surface area contributed by atoms with Gasteiger partial charge in [-0.05, 0) is 19.1 Å². The molecule has 1 aromatic carbocycles. The second-order valence-corrected chi connectivity index (χ2v) is 3.45. The Bertz CT molecular complexity index is 511. The van der Waals surface area contributed by atoms with Crippen molar-refractivity contribution in [3.05, 3.63) is 30.0 Å². The lowest BCUT2D eigenvalue weighted by Crippen LogP contribution is -1.92. The first-order valence-corrected chi connectivity index (χ1v) is 4.45. The molecule has 1 heterocycles. The summed E-state index contributed by atoms with van der Waals surface area (Å²) in [6.07, 6.45) is 1.82. The Labute approximate surface area is 82.1 Å². The minimum absolute atomic E-state index is 0.0495. The Hall–Kier alpha value is -1.77. The quantitative estimate of drug-likeness (QED) is 0.549. The van der Waals surface area contributed by atoms with E-state index in [2.05, 4.69) is 0 Å². The molecule has 0 fully saturated rings. The molecule has 0 radical (unpaired) electrons. The molecule has 3 heteroatoms. The Morgan fingerprint density at radius 2 is 2.14 bits per heavy atom. The molecule has 0 aliphatic heterocycles. The summed E-state index contributed by atoms with van der Waals surface area (Å²) >= 11 is 0. The van der Waals surface area contributed by atoms with Gasteiger partial charge in [0.1, 0.15) is 0 Å². The molecule has 3 nitrogen and oxygen atoms in total. The highest BCUT2D eigenvalue weighted by atomic mass is 16.1. The minimum atomic E-state index is 0.0495. The van der Waals surface area contributed by atoms with E-state index in [-0.39, 0.29) is 5.78 Å². The molecule has 14 heavy (non-hydrogen) atoms. The monoisotopic (exact) mass is 188 g/mol. The van der Waals surface area contributed by atoms with Gasteiger partial charge in [0.15, 0.2) is 5.78 Å². The number of nitrogen functional groups attached to an aromatic ring is 1. The van der Waals surface area contributed by atoms with E-state index in [1.165, 1.54) is 0 Å². The molecule has 2 aromatic rings. The lowest BCUT2D eigenvalue weighted by molar-refractivity contribution is 0.101. The first kappa shape index (κ1) is 8.81. The van der Waals surface area contributed by atoms with Crippen molar-refractivity contribution in [3.8, 4) is 0 Å². The van der Waals surface area contributed by atoms with Crippen molar-refractivity contribution in [2.24, 2.45) is 7.05 Å². The molecule has 0 unspecified atom stereocenters. The van der Waals surface area contributed by atoms with Crippen LogP contribution in [-0.4, -0.2) is 10.4 Å². The average Bonchev–Trinajstić information content (AvgIpc) is 2.46. The van der Waals surface area contributed by atoms with Crippen LogP contribution in [0.1, 0.15) is 17.3 Å². The SMILES string of the molecule is CC(=O)c1cn(C)c2cccc(N)c12. The van der Waals surface area contributed by atoms with E-state index in [0.29, 0.717) is 11.3 Å². The number of hydrogen-bond acceptors (Lipinski definition) is 2. The van der Waals surface area contributed by atoms with Gasteiger partial charge in [0.25, 0.3) is 0 Å². The number of Topliss-reactive ketones (excluding diaryl/α,β-unsaturated/α-hetero) is 1. The van der Waals surface area contributed by atoms with E-state index in [4.69, 9.17) is 5.73 Å². The Kier molecular flexibility index (Phi) is 1.81. The molecule has 0 spiro atoms. The van der Waals surface area contributed by atoms with Crippen LogP contribution in [0.25, 0.3) is 10.9 Å². The number of carbonyl (C=O) groups excluding carboxylic acids is 1. The number of nitrogens with two attached hydrogens (primary N) is 1. The minimum Gasteiger partial charge on any atom is -0.398 e. The molecule has 2 N–H and O–H groups in total. The van der Waals surface area contributed by atoms with Crippen molar-refractivity contribution < 1.29 is 4.79 Å². The summed E-state index contributed by atoms with van der Waals surface area (Å²) in [7, 11) is 1.91. The van der Waals surface area contributed by atoms with Crippen molar-refractivity contribution in [2.45, 2.75) is 6.92 Å². The maximum absolute atomic E-state index is 11.4. The van der Waals surface area contributed by atoms with Gasteiger partial charge >= 0.3 is 0 Å². The zero-order chi connectivity index (χ0) is 10.3. The molecule has 0 saturated heterocycles. The van der Waals surface area contributed by atoms with Gasteiger partial charge < -0.3 is 10.3 Å². The fourth-order valence-corrected chi connectivity index (χ4v) is 1.74. The number of fused-ring (bicyclic) bond motifs is 1. The van der Waals surface area contributed by atoms with E-state index in [0.717, 1.165) is 10.9 Å². The first-order chi connectivity index (χ1) is 6.61. The average molecular weight is 188 g/mol. The number of aryl methyl sites for hydroxylation is 1. The van der Waals surface area contributed by atoms with Crippen LogP contribution in [0.4, 0.5) is 5.69 Å². The van der Waals surface area contributed by atoms with Gasteiger partial charge in [0.2, 0.25) is 0 Å². The number of anilines is 1. The standard InChI is InChI=1S/C11H12N2O/c1-7(14)8-6-13(2)10-5-3-4-9(12)11(8)10/h3-6H,12H2,1-2H3. The highest BCUT2D eigenvalue weighted by molar-refractivity contribution is 6.11. The van der Waals surface area contributed by atoms with Crippen LogP contribution in [-0.2, 0) is 7.05 Å². The van der Waals surface area contributed by atoms with Crippen molar-refractivity contribution in [1.29, 1.82) is 0 Å². The summed E-state index contributed by atoms with van der Waals surface area (Å²) in [6, 6.07) is 5.66. The van der Waals surface area contributed by atoms with Gasteiger partial charge in [-0.2, -0.15) is 0 Å². The third kappa shape index (κ3) is 1.09. The van der Waals surface area contributed by atoms with Gasteiger partial charge in [-0.25, -0.2) is 0 Å². The normalized spacial score (nSPS) is 10.7. The van der Waals surface area contributed by atoms with Gasteiger partial charge in [-0.15, -0.1) is 0 Å². The third-order valence-electron chi connectivity index (χ3n) is 2.43. The van der Waals surface area contributed by atoms with E-state index in [1.54, 1.807) is 6.92 Å². The smallest absolute Gasteiger partial charge is 0.162 e. The summed E-state index contributed by atoms with van der Waals surface area (Å²) < 4.78 is 1.92. The predicted molar refractivity (Wildman–Crippen MR) is 57.3 cm³/mol. The van der Waals surface area contributed by atoms with Crippen molar-refractivity contribution in [3.63, 3.8) is 0 Å². The van der Waals surface area contributed by atoms with E-state index in [1.807, 2.05) is 36.0 Å². The topological polar surface area (TPSA) is 48.0 Å². The largest absolute Gasteiger partial charge is 0.398 e. The van der Waals surface area contributed by atoms with Gasteiger partial charge in [0, 0.05) is 29.9 Å². The highest BCUT2D eigenvalue weighted by Gasteiger charge is 2.11. The van der Waals surface area contributed by atoms with Gasteiger partial charge in [-0.1, -0.05) is 6.07 Å². The second kappa shape index (κ2) is 2.87. The number of aromatic nitrogens is 1. The summed E-state index contributed by atoms with van der Waals surface area (Å²) in [6.45, 7) is 1.56. The third-order valence-corrected chi connectivity index (χ3v) is 2.43. The number of rotatable bonds is 1. The number of hydrogen-bond donors (Lipinski definition) is 1. The molecule has 0 aliphatic carbocycles. The van der Waals surface area contributed by atoms with E-state index >= 15 is 0 Å². The summed E-state index contributed by atoms with van der Waals surface area (Å²) in [5.74, 6) is 0.0495. The van der Waals surface area contributed by atoms with Crippen molar-refractivity contribution >= 4 is 22.4 Å². The summed E-state index contributed by atoms with van der Waals surface area (Å²) in [5.41, 5.74) is 8.19. The molecule has 0 amide bonds. The first-order valence-electron chi connectivity index (χ1n) is 4.45. The van der Waals surface area contributed by atoms with Crippen LogP contribution in [0, 0.1) is 0 Å². The maximum atomic E-state index is 11.4. The van der Waals surface area contributed by atoms with Gasteiger partial charge in [0.05, 0.1) is 5.52 Å². The van der Waals surface area contributed by atoms with Crippen LogP contribution in [0.2, 0.25) is 0 Å². The Morgan fingerprint density at radius 1 is 1.43 bits per heavy atom. The molecule has 0 atom stereocenters. The van der Waals surface area contributed by atoms with Crippen LogP contribution in [0.3, 0.4) is 0 Å². The van der Waals surface area contributed by atoms with E-state index in [9.17, 15) is 4.79 Å². The van der Waals surface area contributed by atoms with Crippen LogP contribution in [0.5, 0.6) is 0 Å². The molecule has 0 aliphatic rings. The molecule has 72 valence electrons. The van der Waals surface area contributed by atoms with Crippen molar-refractivity contribution in [1.82, 2.24) is 4.57 Å². The number of benzene rings is 1. The number of nitrogens with zero attached hydrogens (tertiary/aromatic N) is 1. The predicted octanol–water partition coefficient (Wildman–Crippen LogP) is 1.96. The second-order valence-electron chi connectivity index (χ2n) is 3.45. The Morgan fingerprint density at radius 3 is 2.79 bits per heavy atom.